The second kappa shape index (κ2) is 7.09. The van der Waals surface area contributed by atoms with Crippen LogP contribution in [0.25, 0.3) is 0 Å². The van der Waals surface area contributed by atoms with E-state index in [1.165, 1.54) is 5.56 Å². The summed E-state index contributed by atoms with van der Waals surface area (Å²) in [6.45, 7) is 4.72. The van der Waals surface area contributed by atoms with E-state index in [1.54, 1.807) is 0 Å². The van der Waals surface area contributed by atoms with Gasteiger partial charge >= 0.3 is 0 Å². The second-order valence-corrected chi connectivity index (χ2v) is 6.28. The van der Waals surface area contributed by atoms with Gasteiger partial charge < -0.3 is 10.6 Å². The van der Waals surface area contributed by atoms with E-state index in [0.717, 1.165) is 24.4 Å². The van der Waals surface area contributed by atoms with Crippen LogP contribution < -0.4 is 10.6 Å². The smallest absolute Gasteiger partial charge is 0.221 e. The van der Waals surface area contributed by atoms with E-state index < -0.39 is 0 Å². The van der Waals surface area contributed by atoms with Crippen LogP contribution in [-0.4, -0.2) is 24.5 Å². The Kier molecular flexibility index (Phi) is 5.44. The van der Waals surface area contributed by atoms with E-state index in [4.69, 9.17) is 11.6 Å². The van der Waals surface area contributed by atoms with Gasteiger partial charge in [-0.2, -0.15) is 0 Å². The molecule has 1 aliphatic rings. The first-order valence-corrected chi connectivity index (χ1v) is 7.70. The highest BCUT2D eigenvalue weighted by Gasteiger charge is 2.29. The minimum Gasteiger partial charge on any atom is -0.354 e. The van der Waals surface area contributed by atoms with Crippen molar-refractivity contribution in [3.05, 3.63) is 34.9 Å². The second-order valence-electron chi connectivity index (χ2n) is 5.84. The maximum absolute atomic E-state index is 11.5. The molecule has 4 heteroatoms. The first-order chi connectivity index (χ1) is 9.54. The number of hydrogen-bond donors (Lipinski definition) is 2. The summed E-state index contributed by atoms with van der Waals surface area (Å²) >= 11 is 5.89. The number of carbonyl (C=O) groups excluding carboxylic acids is 1. The molecule has 0 spiro atoms. The summed E-state index contributed by atoms with van der Waals surface area (Å²) in [5.74, 6) is 0.760. The van der Waals surface area contributed by atoms with E-state index in [2.05, 4.69) is 22.8 Å². The zero-order valence-electron chi connectivity index (χ0n) is 12.2. The lowest BCUT2D eigenvalue weighted by atomic mass is 9.76. The van der Waals surface area contributed by atoms with Gasteiger partial charge in [-0.05, 0) is 50.3 Å². The Labute approximate surface area is 126 Å². The van der Waals surface area contributed by atoms with Crippen LogP contribution in [-0.2, 0) is 4.79 Å². The predicted molar refractivity (Wildman–Crippen MR) is 83.1 cm³/mol. The van der Waals surface area contributed by atoms with E-state index in [0.29, 0.717) is 18.4 Å². The third-order valence-corrected chi connectivity index (χ3v) is 3.97. The summed E-state index contributed by atoms with van der Waals surface area (Å²) in [6.07, 6.45) is 2.85. The van der Waals surface area contributed by atoms with Gasteiger partial charge in [-0.1, -0.05) is 23.7 Å². The average Bonchev–Trinajstić information content (AvgIpc) is 2.33. The molecule has 2 rings (SSSR count). The molecule has 110 valence electrons. The van der Waals surface area contributed by atoms with Crippen LogP contribution in [0.2, 0.25) is 5.02 Å². The largest absolute Gasteiger partial charge is 0.354 e. The number of benzene rings is 1. The third-order valence-electron chi connectivity index (χ3n) is 3.71. The van der Waals surface area contributed by atoms with Crippen LogP contribution in [0.5, 0.6) is 0 Å². The highest BCUT2D eigenvalue weighted by atomic mass is 35.5. The minimum atomic E-state index is 0.126. The Morgan fingerprint density at radius 1 is 1.30 bits per heavy atom. The first-order valence-electron chi connectivity index (χ1n) is 7.33. The van der Waals surface area contributed by atoms with Crippen LogP contribution in [0.1, 0.15) is 44.6 Å². The minimum absolute atomic E-state index is 0.126. The Hall–Kier alpha value is -1.06. The molecule has 1 fully saturated rings. The highest BCUT2D eigenvalue weighted by Crippen LogP contribution is 2.37. The lowest BCUT2D eigenvalue weighted by molar-refractivity contribution is -0.121. The predicted octanol–water partition coefficient (Wildman–Crippen LogP) is 3.09. The molecule has 1 aromatic rings. The summed E-state index contributed by atoms with van der Waals surface area (Å²) in [5, 5.41) is 7.14. The maximum atomic E-state index is 11.5. The fourth-order valence-corrected chi connectivity index (χ4v) is 2.70. The Morgan fingerprint density at radius 3 is 2.55 bits per heavy atom. The molecule has 1 amide bonds. The molecule has 0 aliphatic heterocycles. The van der Waals surface area contributed by atoms with Gasteiger partial charge in [-0.25, -0.2) is 0 Å². The molecule has 0 unspecified atom stereocenters. The molecular weight excluding hydrogens is 272 g/mol. The fraction of sp³-hybridized carbons (Fsp3) is 0.562. The molecule has 1 saturated carbocycles. The highest BCUT2D eigenvalue weighted by molar-refractivity contribution is 6.30. The number of hydrogen-bond acceptors (Lipinski definition) is 2. The summed E-state index contributed by atoms with van der Waals surface area (Å²) < 4.78 is 0. The first kappa shape index (κ1) is 15.3. The van der Waals surface area contributed by atoms with Gasteiger partial charge in [0.15, 0.2) is 0 Å². The molecule has 0 aromatic heterocycles. The number of nitrogens with one attached hydrogen (secondary N) is 2. The van der Waals surface area contributed by atoms with Crippen LogP contribution in [0, 0.1) is 0 Å². The van der Waals surface area contributed by atoms with E-state index in [-0.39, 0.29) is 11.9 Å². The Bertz CT molecular complexity index is 438. The van der Waals surface area contributed by atoms with Crippen molar-refractivity contribution in [1.29, 1.82) is 0 Å². The van der Waals surface area contributed by atoms with Crippen LogP contribution in [0.4, 0.5) is 0 Å². The molecule has 2 N–H and O–H groups in total. The molecule has 1 aliphatic carbocycles. The molecule has 0 bridgehead atoms. The molecule has 20 heavy (non-hydrogen) atoms. The summed E-state index contributed by atoms with van der Waals surface area (Å²) in [5.41, 5.74) is 1.37. The molecule has 0 saturated heterocycles. The molecule has 0 radical (unpaired) electrons. The molecule has 1 aromatic carbocycles. The lowest BCUT2D eigenvalue weighted by Gasteiger charge is -2.36. The Morgan fingerprint density at radius 2 is 1.95 bits per heavy atom. The van der Waals surface area contributed by atoms with Crippen LogP contribution in [0.3, 0.4) is 0 Å². The van der Waals surface area contributed by atoms with Crippen LogP contribution in [0.15, 0.2) is 24.3 Å². The molecule has 0 atom stereocenters. The van der Waals surface area contributed by atoms with Crippen molar-refractivity contribution in [3.8, 4) is 0 Å². The van der Waals surface area contributed by atoms with E-state index >= 15 is 0 Å². The maximum Gasteiger partial charge on any atom is 0.221 e. The quantitative estimate of drug-likeness (QED) is 0.846. The molecule has 0 heterocycles. The summed E-state index contributed by atoms with van der Waals surface area (Å²) in [7, 11) is 0. The zero-order valence-corrected chi connectivity index (χ0v) is 12.9. The van der Waals surface area contributed by atoms with Gasteiger partial charge in [0.05, 0.1) is 0 Å². The molecule has 3 nitrogen and oxygen atoms in total. The summed E-state index contributed by atoms with van der Waals surface area (Å²) in [4.78, 5) is 11.5. The number of rotatable bonds is 6. The normalized spacial score (nSPS) is 21.6. The zero-order chi connectivity index (χ0) is 14.5. The van der Waals surface area contributed by atoms with Crippen molar-refractivity contribution >= 4 is 17.5 Å². The summed E-state index contributed by atoms with van der Waals surface area (Å²) in [6, 6.07) is 8.89. The van der Waals surface area contributed by atoms with Crippen molar-refractivity contribution in [2.75, 3.05) is 6.54 Å². The van der Waals surface area contributed by atoms with Gasteiger partial charge in [-0.15, -0.1) is 0 Å². The van der Waals surface area contributed by atoms with Crippen LogP contribution >= 0.6 is 11.6 Å². The van der Waals surface area contributed by atoms with Crippen molar-refractivity contribution in [2.45, 2.75) is 51.1 Å². The lowest BCUT2D eigenvalue weighted by Crippen LogP contribution is -2.42. The van der Waals surface area contributed by atoms with E-state index in [9.17, 15) is 4.79 Å². The van der Waals surface area contributed by atoms with Gasteiger partial charge in [0.2, 0.25) is 5.91 Å². The van der Waals surface area contributed by atoms with Crippen molar-refractivity contribution in [3.63, 3.8) is 0 Å². The van der Waals surface area contributed by atoms with Crippen molar-refractivity contribution < 1.29 is 4.79 Å². The fourth-order valence-electron chi connectivity index (χ4n) is 2.58. The van der Waals surface area contributed by atoms with Crippen molar-refractivity contribution in [1.82, 2.24) is 10.6 Å². The van der Waals surface area contributed by atoms with Crippen molar-refractivity contribution in [2.24, 2.45) is 0 Å². The Balaban J connectivity index is 1.62. The van der Waals surface area contributed by atoms with E-state index in [1.807, 2.05) is 26.0 Å². The molecular formula is C16H23ClN2O. The monoisotopic (exact) mass is 294 g/mol. The van der Waals surface area contributed by atoms with Gasteiger partial charge in [0, 0.05) is 30.1 Å². The third kappa shape index (κ3) is 4.50. The topological polar surface area (TPSA) is 41.1 Å². The number of halogens is 1. The number of carbonyl (C=O) groups is 1. The van der Waals surface area contributed by atoms with Gasteiger partial charge in [0.1, 0.15) is 0 Å². The standard InChI is InChI=1S/C16H23ClN2O/c1-11(2)19-16(20)7-8-18-15-9-13(10-15)12-3-5-14(17)6-4-12/h3-6,11,13,15,18H,7-10H2,1-2H3,(H,19,20). The van der Waals surface area contributed by atoms with Gasteiger partial charge in [0.25, 0.3) is 0 Å². The van der Waals surface area contributed by atoms with Gasteiger partial charge in [-0.3, -0.25) is 4.79 Å². The average molecular weight is 295 g/mol. The SMILES string of the molecule is CC(C)NC(=O)CCNC1CC(c2ccc(Cl)cc2)C1. The number of amides is 1.